The molecule has 0 saturated heterocycles. The van der Waals surface area contributed by atoms with E-state index in [1.54, 1.807) is 11.3 Å². The van der Waals surface area contributed by atoms with E-state index in [0.29, 0.717) is 0 Å². The minimum Gasteiger partial charge on any atom is -0.313 e. The van der Waals surface area contributed by atoms with Crippen molar-refractivity contribution in [3.8, 4) is 0 Å². The van der Waals surface area contributed by atoms with Crippen LogP contribution in [0.15, 0.2) is 54.7 Å². The zero-order valence-electron chi connectivity index (χ0n) is 12.9. The second-order valence-corrected chi connectivity index (χ2v) is 7.17. The van der Waals surface area contributed by atoms with Crippen LogP contribution < -0.4 is 0 Å². The number of thiophene rings is 1. The van der Waals surface area contributed by atoms with E-state index in [0.717, 1.165) is 22.3 Å². The molecule has 0 radical (unpaired) electrons. The molecule has 0 saturated carbocycles. The minimum atomic E-state index is 0.973. The van der Waals surface area contributed by atoms with Crippen molar-refractivity contribution in [2.45, 2.75) is 0 Å². The van der Waals surface area contributed by atoms with E-state index in [1.165, 1.54) is 25.8 Å². The quantitative estimate of drug-likeness (QED) is 0.403. The second kappa shape index (κ2) is 4.13. The molecule has 4 aromatic heterocycles. The summed E-state index contributed by atoms with van der Waals surface area (Å²) in [5.41, 5.74) is 5.62. The SMILES string of the molecule is Cn1c2ccccc2n2c3cc4c(cc3nc12)sc1cccnc14. The number of rotatable bonds is 0. The Morgan fingerprint density at radius 2 is 1.79 bits per heavy atom. The molecule has 6 rings (SSSR count). The van der Waals surface area contributed by atoms with Crippen LogP contribution >= 0.6 is 11.3 Å². The number of pyridine rings is 1. The fraction of sp³-hybridized carbons (Fsp3) is 0.0526. The number of nitrogens with zero attached hydrogens (tertiary/aromatic N) is 4. The molecular formula is C19H12N4S. The number of fused-ring (bicyclic) bond motifs is 8. The highest BCUT2D eigenvalue weighted by atomic mass is 32.1. The van der Waals surface area contributed by atoms with Crippen molar-refractivity contribution in [3.63, 3.8) is 0 Å². The molecule has 0 aliphatic heterocycles. The van der Waals surface area contributed by atoms with Crippen molar-refractivity contribution in [2.24, 2.45) is 7.05 Å². The fourth-order valence-corrected chi connectivity index (χ4v) is 4.74. The van der Waals surface area contributed by atoms with Gasteiger partial charge in [0.2, 0.25) is 5.78 Å². The first kappa shape index (κ1) is 12.5. The Labute approximate surface area is 140 Å². The predicted octanol–water partition coefficient (Wildman–Crippen LogP) is 4.74. The number of aromatic nitrogens is 4. The van der Waals surface area contributed by atoms with Crippen LogP contribution in [-0.4, -0.2) is 18.9 Å². The van der Waals surface area contributed by atoms with Gasteiger partial charge in [0.15, 0.2) is 0 Å². The van der Waals surface area contributed by atoms with Gasteiger partial charge in [0.05, 0.1) is 32.3 Å². The number of aryl methyl sites for hydroxylation is 1. The monoisotopic (exact) mass is 328 g/mol. The Bertz CT molecular complexity index is 1420. The van der Waals surface area contributed by atoms with Gasteiger partial charge < -0.3 is 4.57 Å². The van der Waals surface area contributed by atoms with Gasteiger partial charge in [-0.15, -0.1) is 11.3 Å². The fourth-order valence-electron chi connectivity index (χ4n) is 3.66. The summed E-state index contributed by atoms with van der Waals surface area (Å²) in [7, 11) is 2.07. The molecule has 0 atom stereocenters. The standard InChI is InChI=1S/C19H12N4S/c1-22-13-5-2-3-6-14(13)23-15-9-11-17(10-12(15)21-19(22)23)24-16-7-4-8-20-18(11)16/h2-10H,1H3. The normalized spacial score (nSPS) is 12.4. The first-order valence-corrected chi connectivity index (χ1v) is 8.66. The smallest absolute Gasteiger partial charge is 0.215 e. The first-order valence-electron chi connectivity index (χ1n) is 7.84. The van der Waals surface area contributed by atoms with Crippen LogP contribution in [0.2, 0.25) is 0 Å². The zero-order chi connectivity index (χ0) is 15.8. The van der Waals surface area contributed by atoms with Gasteiger partial charge in [-0.2, -0.15) is 0 Å². The van der Waals surface area contributed by atoms with E-state index in [1.807, 2.05) is 12.3 Å². The van der Waals surface area contributed by atoms with E-state index in [-0.39, 0.29) is 0 Å². The minimum absolute atomic E-state index is 0.973. The highest BCUT2D eigenvalue weighted by Gasteiger charge is 2.15. The van der Waals surface area contributed by atoms with Gasteiger partial charge in [0.25, 0.3) is 0 Å². The van der Waals surface area contributed by atoms with E-state index in [9.17, 15) is 0 Å². The zero-order valence-corrected chi connectivity index (χ0v) is 13.7. The Morgan fingerprint density at radius 1 is 0.917 bits per heavy atom. The summed E-state index contributed by atoms with van der Waals surface area (Å²) in [6, 6.07) is 17.0. The molecule has 5 heteroatoms. The predicted molar refractivity (Wildman–Crippen MR) is 99.9 cm³/mol. The van der Waals surface area contributed by atoms with Crippen LogP contribution in [-0.2, 0) is 7.05 Å². The summed E-state index contributed by atoms with van der Waals surface area (Å²) in [4.78, 5) is 9.47. The molecule has 24 heavy (non-hydrogen) atoms. The van der Waals surface area contributed by atoms with Crippen molar-refractivity contribution in [1.82, 2.24) is 18.9 Å². The molecule has 4 nitrogen and oxygen atoms in total. The van der Waals surface area contributed by atoms with Crippen LogP contribution in [0.1, 0.15) is 0 Å². The van der Waals surface area contributed by atoms with Crippen LogP contribution in [0, 0.1) is 0 Å². The van der Waals surface area contributed by atoms with E-state index in [2.05, 4.69) is 63.5 Å². The molecule has 4 heterocycles. The average Bonchev–Trinajstić information content (AvgIpc) is 3.24. The summed E-state index contributed by atoms with van der Waals surface area (Å²) in [5.74, 6) is 0.973. The third-order valence-corrected chi connectivity index (χ3v) is 5.87. The average molecular weight is 328 g/mol. The summed E-state index contributed by atoms with van der Waals surface area (Å²) >= 11 is 1.78. The summed E-state index contributed by atoms with van der Waals surface area (Å²) < 4.78 is 6.86. The van der Waals surface area contributed by atoms with Crippen molar-refractivity contribution in [3.05, 3.63) is 54.7 Å². The van der Waals surface area contributed by atoms with Gasteiger partial charge in [-0.3, -0.25) is 9.38 Å². The molecular weight excluding hydrogens is 316 g/mol. The molecule has 0 aliphatic rings. The van der Waals surface area contributed by atoms with Crippen LogP contribution in [0.3, 0.4) is 0 Å². The Balaban J connectivity index is 1.89. The lowest BCUT2D eigenvalue weighted by molar-refractivity contribution is 0.974. The molecule has 0 amide bonds. The Hall–Kier alpha value is -2.92. The van der Waals surface area contributed by atoms with Gasteiger partial charge in [0, 0.05) is 23.3 Å². The third-order valence-electron chi connectivity index (χ3n) is 4.77. The lowest BCUT2D eigenvalue weighted by Crippen LogP contribution is -1.87. The maximum absolute atomic E-state index is 4.88. The molecule has 2 aromatic carbocycles. The highest BCUT2D eigenvalue weighted by Crippen LogP contribution is 2.36. The maximum Gasteiger partial charge on any atom is 0.215 e. The van der Waals surface area contributed by atoms with Gasteiger partial charge in [0.1, 0.15) is 0 Å². The lowest BCUT2D eigenvalue weighted by Gasteiger charge is -1.96. The summed E-state index contributed by atoms with van der Waals surface area (Å²) in [5, 5.41) is 1.21. The second-order valence-electron chi connectivity index (χ2n) is 6.08. The van der Waals surface area contributed by atoms with E-state index >= 15 is 0 Å². The Kier molecular flexibility index (Phi) is 2.15. The molecule has 114 valence electrons. The van der Waals surface area contributed by atoms with Crippen LogP contribution in [0.4, 0.5) is 0 Å². The number of benzene rings is 2. The molecule has 0 spiro atoms. The number of para-hydroxylation sites is 2. The maximum atomic E-state index is 4.88. The van der Waals surface area contributed by atoms with Gasteiger partial charge in [-0.1, -0.05) is 12.1 Å². The van der Waals surface area contributed by atoms with E-state index in [4.69, 9.17) is 4.98 Å². The van der Waals surface area contributed by atoms with Crippen molar-refractivity contribution < 1.29 is 0 Å². The van der Waals surface area contributed by atoms with Gasteiger partial charge in [-0.25, -0.2) is 4.98 Å². The molecule has 0 N–H and O–H groups in total. The van der Waals surface area contributed by atoms with Crippen molar-refractivity contribution >= 4 is 59.5 Å². The lowest BCUT2D eigenvalue weighted by atomic mass is 10.2. The van der Waals surface area contributed by atoms with E-state index < -0.39 is 0 Å². The van der Waals surface area contributed by atoms with Crippen molar-refractivity contribution in [2.75, 3.05) is 0 Å². The molecule has 0 fully saturated rings. The van der Waals surface area contributed by atoms with Gasteiger partial charge in [-0.05, 0) is 36.4 Å². The van der Waals surface area contributed by atoms with Crippen molar-refractivity contribution in [1.29, 1.82) is 0 Å². The molecule has 0 aliphatic carbocycles. The number of hydrogen-bond donors (Lipinski definition) is 0. The summed E-state index contributed by atoms with van der Waals surface area (Å²) in [6.07, 6.45) is 1.86. The number of hydrogen-bond acceptors (Lipinski definition) is 3. The topological polar surface area (TPSA) is 35.1 Å². The summed E-state index contributed by atoms with van der Waals surface area (Å²) in [6.45, 7) is 0. The first-order chi connectivity index (χ1) is 11.8. The molecule has 6 aromatic rings. The van der Waals surface area contributed by atoms with Crippen LogP contribution in [0.25, 0.3) is 48.1 Å². The van der Waals surface area contributed by atoms with Gasteiger partial charge >= 0.3 is 0 Å². The molecule has 0 unspecified atom stereocenters. The number of imidazole rings is 2. The Morgan fingerprint density at radius 3 is 2.71 bits per heavy atom. The molecule has 0 bridgehead atoms. The highest BCUT2D eigenvalue weighted by molar-refractivity contribution is 7.25. The largest absolute Gasteiger partial charge is 0.313 e. The van der Waals surface area contributed by atoms with Crippen LogP contribution in [0.5, 0.6) is 0 Å². The third kappa shape index (κ3) is 1.39.